The number of benzene rings is 3. The van der Waals surface area contributed by atoms with E-state index in [1.54, 1.807) is 13.0 Å². The minimum absolute atomic E-state index is 0.383. The molecule has 21 heavy (non-hydrogen) atoms. The predicted octanol–water partition coefficient (Wildman–Crippen LogP) is 4.58. The Bertz CT molecular complexity index is 938. The van der Waals surface area contributed by atoms with Crippen LogP contribution in [-0.2, 0) is 4.79 Å². The second-order valence-corrected chi connectivity index (χ2v) is 5.24. The van der Waals surface area contributed by atoms with Gasteiger partial charge >= 0.3 is 5.97 Å². The zero-order valence-corrected chi connectivity index (χ0v) is 11.5. The van der Waals surface area contributed by atoms with Crippen molar-refractivity contribution in [1.82, 2.24) is 0 Å². The largest absolute Gasteiger partial charge is 0.449 e. The predicted molar refractivity (Wildman–Crippen MR) is 82.0 cm³/mol. The van der Waals surface area contributed by atoms with Crippen molar-refractivity contribution in [1.29, 1.82) is 0 Å². The van der Waals surface area contributed by atoms with Crippen LogP contribution in [0.5, 0.6) is 17.2 Å². The Labute approximate surface area is 121 Å². The first-order chi connectivity index (χ1) is 10.1. The molecule has 3 nitrogen and oxygen atoms in total. The van der Waals surface area contributed by atoms with Gasteiger partial charge in [0.2, 0.25) is 0 Å². The van der Waals surface area contributed by atoms with Crippen molar-refractivity contribution in [3.05, 3.63) is 54.6 Å². The van der Waals surface area contributed by atoms with Gasteiger partial charge in [0.05, 0.1) is 0 Å². The molecule has 0 radical (unpaired) electrons. The first-order valence-electron chi connectivity index (χ1n) is 6.68. The Morgan fingerprint density at radius 2 is 1.71 bits per heavy atom. The molecule has 3 aromatic carbocycles. The topological polar surface area (TPSA) is 38.8 Å². The van der Waals surface area contributed by atoms with Crippen LogP contribution >= 0.6 is 0 Å². The van der Waals surface area contributed by atoms with Gasteiger partial charge in [-0.15, -0.1) is 0 Å². The smallest absolute Gasteiger partial charge is 0.338 e. The molecule has 0 fully saturated rings. The highest BCUT2D eigenvalue weighted by Crippen LogP contribution is 2.48. The highest BCUT2D eigenvalue weighted by atomic mass is 16.6. The van der Waals surface area contributed by atoms with E-state index in [0.29, 0.717) is 11.3 Å². The van der Waals surface area contributed by atoms with E-state index in [1.165, 1.54) is 0 Å². The molecule has 0 aromatic heterocycles. The van der Waals surface area contributed by atoms with Crippen LogP contribution < -0.4 is 9.47 Å². The summed E-state index contributed by atoms with van der Waals surface area (Å²) in [5.74, 6) is 2.01. The summed E-state index contributed by atoms with van der Waals surface area (Å²) in [7, 11) is 0. The lowest BCUT2D eigenvalue weighted by Gasteiger charge is -2.07. The van der Waals surface area contributed by atoms with Gasteiger partial charge in [-0.1, -0.05) is 24.8 Å². The fourth-order valence-corrected chi connectivity index (χ4v) is 2.46. The molecule has 4 rings (SSSR count). The highest BCUT2D eigenvalue weighted by molar-refractivity contribution is 6.09. The molecule has 3 aromatic rings. The Morgan fingerprint density at radius 1 is 1.00 bits per heavy atom. The van der Waals surface area contributed by atoms with Crippen LogP contribution in [0.25, 0.3) is 21.5 Å². The average Bonchev–Trinajstić information content (AvgIpc) is 3.22. The van der Waals surface area contributed by atoms with Gasteiger partial charge in [-0.3, -0.25) is 0 Å². The molecule has 0 amide bonds. The molecule has 0 spiro atoms. The maximum absolute atomic E-state index is 11.6. The van der Waals surface area contributed by atoms with Crippen LogP contribution in [0.15, 0.2) is 54.6 Å². The van der Waals surface area contributed by atoms with Crippen molar-refractivity contribution in [3.8, 4) is 17.2 Å². The Morgan fingerprint density at radius 3 is 2.48 bits per heavy atom. The Kier molecular flexibility index (Phi) is 2.33. The third-order valence-corrected chi connectivity index (χ3v) is 3.61. The quantitative estimate of drug-likeness (QED) is 0.177. The minimum atomic E-state index is -0.409. The van der Waals surface area contributed by atoms with Crippen molar-refractivity contribution >= 4 is 27.5 Å². The number of ether oxygens (including phenoxy) is 2. The SMILES string of the molecule is C=C(C)C(=O)Oc1ccc2c(ccc3cc4c(cc32)O4)c1. The lowest BCUT2D eigenvalue weighted by atomic mass is 10.0. The summed E-state index contributed by atoms with van der Waals surface area (Å²) in [4.78, 5) is 11.6. The number of carbonyl (C=O) groups excluding carboxylic acids is 1. The van der Waals surface area contributed by atoms with E-state index in [0.717, 1.165) is 33.0 Å². The van der Waals surface area contributed by atoms with Gasteiger partial charge < -0.3 is 9.47 Å². The molecule has 0 saturated heterocycles. The molecular weight excluding hydrogens is 264 g/mol. The summed E-state index contributed by atoms with van der Waals surface area (Å²) in [5.41, 5.74) is 0.383. The van der Waals surface area contributed by atoms with E-state index in [4.69, 9.17) is 9.47 Å². The molecular formula is C18H12O3. The molecule has 3 heteroatoms. The molecule has 1 aliphatic rings. The number of hydrogen-bond donors (Lipinski definition) is 0. The van der Waals surface area contributed by atoms with Crippen molar-refractivity contribution in [2.24, 2.45) is 0 Å². The van der Waals surface area contributed by atoms with Gasteiger partial charge in [0.15, 0.2) is 11.5 Å². The summed E-state index contributed by atoms with van der Waals surface area (Å²) in [5, 5.41) is 4.42. The number of carbonyl (C=O) groups is 1. The van der Waals surface area contributed by atoms with E-state index < -0.39 is 5.97 Å². The van der Waals surface area contributed by atoms with E-state index in [9.17, 15) is 4.79 Å². The van der Waals surface area contributed by atoms with Gasteiger partial charge in [0, 0.05) is 5.57 Å². The molecule has 0 N–H and O–H groups in total. The summed E-state index contributed by atoms with van der Waals surface area (Å²) >= 11 is 0. The molecule has 102 valence electrons. The number of fused-ring (bicyclic) bond motifs is 4. The van der Waals surface area contributed by atoms with Gasteiger partial charge in [0.1, 0.15) is 5.75 Å². The monoisotopic (exact) mass is 276 g/mol. The molecule has 0 aliphatic carbocycles. The molecule has 1 heterocycles. The lowest BCUT2D eigenvalue weighted by Crippen LogP contribution is -2.07. The van der Waals surface area contributed by atoms with Gasteiger partial charge in [-0.25, -0.2) is 4.79 Å². The molecule has 0 saturated carbocycles. The maximum Gasteiger partial charge on any atom is 0.338 e. The van der Waals surface area contributed by atoms with E-state index in [-0.39, 0.29) is 0 Å². The number of esters is 1. The van der Waals surface area contributed by atoms with Crippen LogP contribution in [0.1, 0.15) is 6.92 Å². The molecule has 0 atom stereocenters. The second-order valence-electron chi connectivity index (χ2n) is 5.24. The van der Waals surface area contributed by atoms with Crippen LogP contribution in [-0.4, -0.2) is 5.97 Å². The number of hydrogen-bond acceptors (Lipinski definition) is 3. The van der Waals surface area contributed by atoms with Gasteiger partial charge in [-0.05, 0) is 52.7 Å². The fourth-order valence-electron chi connectivity index (χ4n) is 2.46. The summed E-state index contributed by atoms with van der Waals surface area (Å²) < 4.78 is 10.6. The van der Waals surface area contributed by atoms with E-state index in [2.05, 4.69) is 6.58 Å². The normalized spacial score (nSPS) is 11.9. The fraction of sp³-hybridized carbons (Fsp3) is 0.0556. The maximum atomic E-state index is 11.6. The van der Waals surface area contributed by atoms with Crippen LogP contribution in [0, 0.1) is 0 Å². The Hall–Kier alpha value is -2.81. The van der Waals surface area contributed by atoms with Crippen molar-refractivity contribution in [2.75, 3.05) is 0 Å². The number of rotatable bonds is 2. The Balaban J connectivity index is 1.84. The van der Waals surface area contributed by atoms with E-state index in [1.807, 2.05) is 36.4 Å². The minimum Gasteiger partial charge on any atom is -0.449 e. The first kappa shape index (κ1) is 12.0. The van der Waals surface area contributed by atoms with Gasteiger partial charge in [-0.2, -0.15) is 0 Å². The van der Waals surface area contributed by atoms with Crippen molar-refractivity contribution < 1.29 is 14.3 Å². The average molecular weight is 276 g/mol. The zero-order chi connectivity index (χ0) is 14.6. The first-order valence-corrected chi connectivity index (χ1v) is 6.68. The standard InChI is InChI=1S/C18H12O3/c1-10(2)18(19)20-13-5-6-14-11(7-13)3-4-12-8-16-17(21-16)9-15(12)14/h3-9H,1H2,2H3. The van der Waals surface area contributed by atoms with Crippen LogP contribution in [0.3, 0.4) is 0 Å². The van der Waals surface area contributed by atoms with E-state index >= 15 is 0 Å². The van der Waals surface area contributed by atoms with Crippen molar-refractivity contribution in [3.63, 3.8) is 0 Å². The highest BCUT2D eigenvalue weighted by Gasteiger charge is 2.20. The molecule has 0 bridgehead atoms. The third-order valence-electron chi connectivity index (χ3n) is 3.61. The molecule has 0 unspecified atom stereocenters. The zero-order valence-electron chi connectivity index (χ0n) is 11.5. The van der Waals surface area contributed by atoms with Crippen LogP contribution in [0.2, 0.25) is 0 Å². The lowest BCUT2D eigenvalue weighted by molar-refractivity contribution is -0.130. The summed E-state index contributed by atoms with van der Waals surface area (Å²) in [6.45, 7) is 5.21. The van der Waals surface area contributed by atoms with Gasteiger partial charge in [0.25, 0.3) is 0 Å². The summed E-state index contributed by atoms with van der Waals surface area (Å²) in [6.07, 6.45) is 0. The second kappa shape index (κ2) is 4.09. The molecule has 1 aliphatic heterocycles. The van der Waals surface area contributed by atoms with Crippen LogP contribution in [0.4, 0.5) is 0 Å². The summed E-state index contributed by atoms with van der Waals surface area (Å²) in [6, 6.07) is 13.8. The van der Waals surface area contributed by atoms with Crippen molar-refractivity contribution in [2.45, 2.75) is 6.92 Å². The third kappa shape index (κ3) is 1.94.